The highest BCUT2D eigenvalue weighted by molar-refractivity contribution is 7.91. The average Bonchev–Trinajstić information content (AvgIpc) is 2.97. The van der Waals surface area contributed by atoms with Crippen LogP contribution in [0, 0.1) is 5.92 Å². The number of hydrogen-bond donors (Lipinski definition) is 2. The molecule has 1 aliphatic carbocycles. The van der Waals surface area contributed by atoms with Gasteiger partial charge in [0.25, 0.3) is 0 Å². The standard InChI is InChI=1S/C14H23N3O2S2/c1-17-7-6-11(10-17)8-16-21(18,19)14-5-4-13(20-14)9-15-12-2-3-12/h4-5,11-12,15-16H,2-3,6-10H2,1H3. The van der Waals surface area contributed by atoms with Crippen LogP contribution in [0.1, 0.15) is 24.1 Å². The lowest BCUT2D eigenvalue weighted by Crippen LogP contribution is -2.30. The van der Waals surface area contributed by atoms with Gasteiger partial charge >= 0.3 is 0 Å². The number of rotatable bonds is 7. The third-order valence-corrected chi connectivity index (χ3v) is 7.10. The van der Waals surface area contributed by atoms with Crippen LogP contribution in [-0.4, -0.2) is 46.0 Å². The van der Waals surface area contributed by atoms with Crippen LogP contribution in [0.4, 0.5) is 0 Å². The molecule has 3 rings (SSSR count). The quantitative estimate of drug-likeness (QED) is 0.790. The first-order valence-corrected chi connectivity index (χ1v) is 9.83. The monoisotopic (exact) mass is 329 g/mol. The molecule has 1 saturated carbocycles. The molecule has 0 aromatic carbocycles. The minimum atomic E-state index is -3.35. The van der Waals surface area contributed by atoms with Gasteiger partial charge in [-0.25, -0.2) is 13.1 Å². The highest BCUT2D eigenvalue weighted by Gasteiger charge is 2.24. The second kappa shape index (κ2) is 6.34. The van der Waals surface area contributed by atoms with E-state index in [-0.39, 0.29) is 0 Å². The summed E-state index contributed by atoms with van der Waals surface area (Å²) in [4.78, 5) is 3.33. The largest absolute Gasteiger partial charge is 0.309 e. The Kier molecular flexibility index (Phi) is 4.66. The van der Waals surface area contributed by atoms with Crippen molar-refractivity contribution < 1.29 is 8.42 Å². The lowest BCUT2D eigenvalue weighted by Gasteiger charge is -2.11. The van der Waals surface area contributed by atoms with Crippen LogP contribution in [-0.2, 0) is 16.6 Å². The van der Waals surface area contributed by atoms with Gasteiger partial charge in [0.05, 0.1) is 0 Å². The van der Waals surface area contributed by atoms with Gasteiger partial charge in [0.1, 0.15) is 4.21 Å². The summed E-state index contributed by atoms with van der Waals surface area (Å²) in [5.41, 5.74) is 0. The van der Waals surface area contributed by atoms with Crippen molar-refractivity contribution >= 4 is 21.4 Å². The Bertz CT molecular complexity index is 581. The Balaban J connectivity index is 1.53. The van der Waals surface area contributed by atoms with Gasteiger partial charge in [0, 0.05) is 30.6 Å². The Morgan fingerprint density at radius 2 is 2.14 bits per heavy atom. The van der Waals surface area contributed by atoms with Crippen LogP contribution < -0.4 is 10.0 Å². The van der Waals surface area contributed by atoms with Crippen molar-refractivity contribution in [3.63, 3.8) is 0 Å². The molecule has 1 saturated heterocycles. The summed E-state index contributed by atoms with van der Waals surface area (Å²) in [7, 11) is -1.27. The zero-order chi connectivity index (χ0) is 14.9. The molecule has 1 unspecified atom stereocenters. The maximum Gasteiger partial charge on any atom is 0.250 e. The summed E-state index contributed by atoms with van der Waals surface area (Å²) in [6.07, 6.45) is 3.56. The summed E-state index contributed by atoms with van der Waals surface area (Å²) in [5, 5.41) is 3.41. The van der Waals surface area contributed by atoms with E-state index in [0.717, 1.165) is 30.9 Å². The number of likely N-dealkylation sites (tertiary alicyclic amines) is 1. The summed E-state index contributed by atoms with van der Waals surface area (Å²) >= 11 is 1.37. The van der Waals surface area contributed by atoms with E-state index in [1.54, 1.807) is 6.07 Å². The van der Waals surface area contributed by atoms with Crippen molar-refractivity contribution in [1.82, 2.24) is 14.9 Å². The predicted octanol–water partition coefficient (Wildman–Crippen LogP) is 1.23. The molecule has 1 atom stereocenters. The molecule has 1 aliphatic heterocycles. The molecule has 2 heterocycles. The van der Waals surface area contributed by atoms with E-state index in [1.807, 2.05) is 6.07 Å². The third-order valence-electron chi connectivity index (χ3n) is 4.10. The number of hydrogen-bond acceptors (Lipinski definition) is 5. The topological polar surface area (TPSA) is 61.4 Å². The minimum absolute atomic E-state index is 0.431. The zero-order valence-electron chi connectivity index (χ0n) is 12.3. The zero-order valence-corrected chi connectivity index (χ0v) is 14.0. The van der Waals surface area contributed by atoms with Gasteiger partial charge in [-0.05, 0) is 50.9 Å². The van der Waals surface area contributed by atoms with E-state index in [9.17, 15) is 8.42 Å². The SMILES string of the molecule is CN1CCC(CNS(=O)(=O)c2ccc(CNC3CC3)s2)C1. The van der Waals surface area contributed by atoms with Gasteiger partial charge in [-0.2, -0.15) is 0 Å². The molecule has 0 radical (unpaired) electrons. The number of sulfonamides is 1. The molecular weight excluding hydrogens is 306 g/mol. The molecule has 1 aromatic rings. The fraction of sp³-hybridized carbons (Fsp3) is 0.714. The van der Waals surface area contributed by atoms with Gasteiger partial charge in [-0.1, -0.05) is 0 Å². The van der Waals surface area contributed by atoms with Crippen molar-refractivity contribution in [1.29, 1.82) is 0 Å². The van der Waals surface area contributed by atoms with Crippen molar-refractivity contribution in [2.45, 2.75) is 36.1 Å². The lowest BCUT2D eigenvalue weighted by molar-refractivity contribution is 0.394. The van der Waals surface area contributed by atoms with Crippen molar-refractivity contribution in [3.05, 3.63) is 17.0 Å². The number of nitrogens with one attached hydrogen (secondary N) is 2. The Morgan fingerprint density at radius 1 is 1.33 bits per heavy atom. The lowest BCUT2D eigenvalue weighted by atomic mass is 10.1. The van der Waals surface area contributed by atoms with Gasteiger partial charge in [0.15, 0.2) is 0 Å². The smallest absolute Gasteiger partial charge is 0.250 e. The second-order valence-electron chi connectivity index (χ2n) is 6.14. The van der Waals surface area contributed by atoms with Crippen molar-refractivity contribution in [3.8, 4) is 0 Å². The first-order valence-electron chi connectivity index (χ1n) is 7.53. The molecule has 1 aromatic heterocycles. The van der Waals surface area contributed by atoms with Gasteiger partial charge in [-0.3, -0.25) is 0 Å². The Labute approximate surface area is 130 Å². The van der Waals surface area contributed by atoms with Crippen LogP contribution in [0.5, 0.6) is 0 Å². The maximum absolute atomic E-state index is 12.3. The molecule has 0 bridgehead atoms. The molecule has 0 spiro atoms. The van der Waals surface area contributed by atoms with Crippen LogP contribution in [0.25, 0.3) is 0 Å². The minimum Gasteiger partial charge on any atom is -0.309 e. The molecule has 2 aliphatic rings. The number of thiophene rings is 1. The number of nitrogens with zero attached hydrogens (tertiary/aromatic N) is 1. The van der Waals surface area contributed by atoms with E-state index in [2.05, 4.69) is 22.0 Å². The van der Waals surface area contributed by atoms with E-state index in [4.69, 9.17) is 0 Å². The Morgan fingerprint density at radius 3 is 2.81 bits per heavy atom. The maximum atomic E-state index is 12.3. The Hall–Kier alpha value is -0.470. The van der Waals surface area contributed by atoms with Gasteiger partial charge < -0.3 is 10.2 Å². The predicted molar refractivity (Wildman–Crippen MR) is 85.0 cm³/mol. The van der Waals surface area contributed by atoms with Crippen LogP contribution in [0.2, 0.25) is 0 Å². The third kappa shape index (κ3) is 4.26. The highest BCUT2D eigenvalue weighted by Crippen LogP contribution is 2.24. The summed E-state index contributed by atoms with van der Waals surface area (Å²) in [5.74, 6) is 0.431. The van der Waals surface area contributed by atoms with Crippen molar-refractivity contribution in [2.75, 3.05) is 26.7 Å². The summed E-state index contributed by atoms with van der Waals surface area (Å²) in [6.45, 7) is 3.35. The van der Waals surface area contributed by atoms with E-state index >= 15 is 0 Å². The van der Waals surface area contributed by atoms with Crippen LogP contribution in [0.3, 0.4) is 0 Å². The fourth-order valence-electron chi connectivity index (χ4n) is 2.62. The second-order valence-corrected chi connectivity index (χ2v) is 9.31. The molecule has 2 N–H and O–H groups in total. The van der Waals surface area contributed by atoms with Crippen molar-refractivity contribution in [2.24, 2.45) is 5.92 Å². The molecule has 2 fully saturated rings. The van der Waals surface area contributed by atoms with Crippen LogP contribution in [0.15, 0.2) is 16.3 Å². The first-order chi connectivity index (χ1) is 10.0. The summed E-state index contributed by atoms with van der Waals surface area (Å²) < 4.78 is 27.8. The van der Waals surface area contributed by atoms with Gasteiger partial charge in [-0.15, -0.1) is 11.3 Å². The molecule has 5 nitrogen and oxygen atoms in total. The molecule has 0 amide bonds. The highest BCUT2D eigenvalue weighted by atomic mass is 32.2. The van der Waals surface area contributed by atoms with Crippen LogP contribution >= 0.6 is 11.3 Å². The van der Waals surface area contributed by atoms with E-state index in [0.29, 0.717) is 22.7 Å². The molecule has 21 heavy (non-hydrogen) atoms. The van der Waals surface area contributed by atoms with E-state index < -0.39 is 10.0 Å². The fourth-order valence-corrected chi connectivity index (χ4v) is 5.09. The average molecular weight is 329 g/mol. The molecule has 118 valence electrons. The van der Waals surface area contributed by atoms with Gasteiger partial charge in [0.2, 0.25) is 10.0 Å². The molecular formula is C14H23N3O2S2. The van der Waals surface area contributed by atoms with E-state index in [1.165, 1.54) is 24.2 Å². The molecule has 7 heteroatoms. The summed E-state index contributed by atoms with van der Waals surface area (Å²) in [6, 6.07) is 4.28. The normalized spacial score (nSPS) is 23.8. The first kappa shape index (κ1) is 15.4.